The lowest BCUT2D eigenvalue weighted by Crippen LogP contribution is -2.14. The molecule has 1 amide bonds. The summed E-state index contributed by atoms with van der Waals surface area (Å²) in [5, 5.41) is 5.38. The number of anilines is 1. The number of aromatic nitrogens is 3. The van der Waals surface area contributed by atoms with E-state index < -0.39 is 0 Å². The molecule has 0 atom stereocenters. The SMILES string of the molecule is CCc1nc2ccc(CC(=O)Nc3nc(C)cs3)cc2[nH]1. The van der Waals surface area contributed by atoms with Gasteiger partial charge in [-0.05, 0) is 24.6 Å². The molecule has 0 saturated carbocycles. The van der Waals surface area contributed by atoms with Crippen LogP contribution in [0.15, 0.2) is 23.6 Å². The van der Waals surface area contributed by atoms with Gasteiger partial charge in [-0.25, -0.2) is 9.97 Å². The maximum absolute atomic E-state index is 12.0. The number of imidazole rings is 1. The molecule has 5 nitrogen and oxygen atoms in total. The Balaban J connectivity index is 1.73. The fraction of sp³-hybridized carbons (Fsp3) is 0.267. The monoisotopic (exact) mass is 300 g/mol. The van der Waals surface area contributed by atoms with Crippen molar-refractivity contribution in [2.75, 3.05) is 5.32 Å². The molecule has 1 aromatic carbocycles. The highest BCUT2D eigenvalue weighted by Gasteiger charge is 2.08. The molecule has 0 aliphatic carbocycles. The number of thiazole rings is 1. The minimum absolute atomic E-state index is 0.0565. The number of nitrogens with zero attached hydrogens (tertiary/aromatic N) is 2. The van der Waals surface area contributed by atoms with Gasteiger partial charge >= 0.3 is 0 Å². The molecule has 3 rings (SSSR count). The summed E-state index contributed by atoms with van der Waals surface area (Å²) < 4.78 is 0. The highest BCUT2D eigenvalue weighted by molar-refractivity contribution is 7.13. The molecule has 2 N–H and O–H groups in total. The third-order valence-electron chi connectivity index (χ3n) is 3.16. The number of nitrogens with one attached hydrogen (secondary N) is 2. The average Bonchev–Trinajstić information content (AvgIpc) is 3.04. The van der Waals surface area contributed by atoms with Crippen LogP contribution in [0.3, 0.4) is 0 Å². The normalized spacial score (nSPS) is 11.0. The molecular weight excluding hydrogens is 284 g/mol. The van der Waals surface area contributed by atoms with Crippen LogP contribution in [0.5, 0.6) is 0 Å². The molecule has 0 aliphatic rings. The topological polar surface area (TPSA) is 70.7 Å². The minimum atomic E-state index is -0.0565. The molecule has 0 unspecified atom stereocenters. The van der Waals surface area contributed by atoms with E-state index in [0.29, 0.717) is 11.6 Å². The van der Waals surface area contributed by atoms with Gasteiger partial charge in [-0.3, -0.25) is 4.79 Å². The third-order valence-corrected chi connectivity index (χ3v) is 4.04. The van der Waals surface area contributed by atoms with Crippen LogP contribution in [0.1, 0.15) is 24.0 Å². The van der Waals surface area contributed by atoms with Crippen molar-refractivity contribution in [2.24, 2.45) is 0 Å². The van der Waals surface area contributed by atoms with Crippen molar-refractivity contribution < 1.29 is 4.79 Å². The number of amides is 1. The molecule has 0 saturated heterocycles. The van der Waals surface area contributed by atoms with Gasteiger partial charge in [0.1, 0.15) is 5.82 Å². The number of hydrogen-bond acceptors (Lipinski definition) is 4. The Morgan fingerprint density at radius 1 is 1.38 bits per heavy atom. The van der Waals surface area contributed by atoms with E-state index in [0.717, 1.165) is 34.5 Å². The van der Waals surface area contributed by atoms with E-state index in [4.69, 9.17) is 0 Å². The van der Waals surface area contributed by atoms with Gasteiger partial charge in [-0.15, -0.1) is 11.3 Å². The van der Waals surface area contributed by atoms with E-state index in [1.165, 1.54) is 11.3 Å². The van der Waals surface area contributed by atoms with E-state index in [-0.39, 0.29) is 5.91 Å². The maximum atomic E-state index is 12.0. The summed E-state index contributed by atoms with van der Waals surface area (Å²) >= 11 is 1.44. The van der Waals surface area contributed by atoms with Gasteiger partial charge in [-0.2, -0.15) is 0 Å². The molecule has 0 spiro atoms. The van der Waals surface area contributed by atoms with Crippen molar-refractivity contribution in [1.82, 2.24) is 15.0 Å². The second kappa shape index (κ2) is 5.65. The molecule has 0 fully saturated rings. The van der Waals surface area contributed by atoms with Gasteiger partial charge in [0.05, 0.1) is 23.1 Å². The molecule has 2 heterocycles. The molecule has 21 heavy (non-hydrogen) atoms. The number of benzene rings is 1. The Labute approximate surface area is 126 Å². The fourth-order valence-corrected chi connectivity index (χ4v) is 2.85. The van der Waals surface area contributed by atoms with Crippen LogP contribution < -0.4 is 5.32 Å². The highest BCUT2D eigenvalue weighted by Crippen LogP contribution is 2.17. The van der Waals surface area contributed by atoms with E-state index in [2.05, 4.69) is 27.2 Å². The predicted molar refractivity (Wildman–Crippen MR) is 84.7 cm³/mol. The third kappa shape index (κ3) is 3.11. The first-order chi connectivity index (χ1) is 10.1. The van der Waals surface area contributed by atoms with E-state index in [9.17, 15) is 4.79 Å². The summed E-state index contributed by atoms with van der Waals surface area (Å²) in [6, 6.07) is 5.87. The first-order valence-electron chi connectivity index (χ1n) is 6.83. The highest BCUT2D eigenvalue weighted by atomic mass is 32.1. The maximum Gasteiger partial charge on any atom is 0.230 e. The molecular formula is C15H16N4OS. The Morgan fingerprint density at radius 3 is 2.95 bits per heavy atom. The predicted octanol–water partition coefficient (Wildman–Crippen LogP) is 3.07. The molecule has 0 aliphatic heterocycles. The van der Waals surface area contributed by atoms with Crippen molar-refractivity contribution >= 4 is 33.4 Å². The van der Waals surface area contributed by atoms with Crippen molar-refractivity contribution in [3.8, 4) is 0 Å². The van der Waals surface area contributed by atoms with Crippen LogP contribution in [0.25, 0.3) is 11.0 Å². The summed E-state index contributed by atoms with van der Waals surface area (Å²) in [6.45, 7) is 3.96. The zero-order chi connectivity index (χ0) is 14.8. The summed E-state index contributed by atoms with van der Waals surface area (Å²) in [5.41, 5.74) is 3.79. The second-order valence-corrected chi connectivity index (χ2v) is 5.77. The number of aryl methyl sites for hydroxylation is 2. The lowest BCUT2D eigenvalue weighted by molar-refractivity contribution is -0.115. The van der Waals surface area contributed by atoms with Crippen molar-refractivity contribution in [3.63, 3.8) is 0 Å². The quantitative estimate of drug-likeness (QED) is 0.778. The van der Waals surface area contributed by atoms with E-state index >= 15 is 0 Å². The summed E-state index contributed by atoms with van der Waals surface area (Å²) in [6.07, 6.45) is 1.20. The van der Waals surface area contributed by atoms with E-state index in [1.807, 2.05) is 30.5 Å². The first-order valence-corrected chi connectivity index (χ1v) is 7.71. The van der Waals surface area contributed by atoms with E-state index in [1.54, 1.807) is 0 Å². The summed E-state index contributed by atoms with van der Waals surface area (Å²) in [4.78, 5) is 24.0. The molecule has 2 aromatic heterocycles. The van der Waals surface area contributed by atoms with Crippen LogP contribution in [-0.2, 0) is 17.6 Å². The number of fused-ring (bicyclic) bond motifs is 1. The second-order valence-electron chi connectivity index (χ2n) is 4.91. The van der Waals surface area contributed by atoms with Gasteiger partial charge in [-0.1, -0.05) is 13.0 Å². The zero-order valence-electron chi connectivity index (χ0n) is 11.9. The number of rotatable bonds is 4. The molecule has 6 heteroatoms. The summed E-state index contributed by atoms with van der Waals surface area (Å²) in [5.74, 6) is 0.906. The lowest BCUT2D eigenvalue weighted by atomic mass is 10.1. The average molecular weight is 300 g/mol. The Hall–Kier alpha value is -2.21. The van der Waals surface area contributed by atoms with Gasteiger partial charge in [0.25, 0.3) is 0 Å². The Kier molecular flexibility index (Phi) is 3.70. The Bertz CT molecular complexity index is 790. The Morgan fingerprint density at radius 2 is 2.24 bits per heavy atom. The van der Waals surface area contributed by atoms with Gasteiger partial charge in [0.15, 0.2) is 5.13 Å². The van der Waals surface area contributed by atoms with Crippen LogP contribution >= 0.6 is 11.3 Å². The van der Waals surface area contributed by atoms with Crippen LogP contribution in [0.2, 0.25) is 0 Å². The zero-order valence-corrected chi connectivity index (χ0v) is 12.8. The van der Waals surface area contributed by atoms with Gasteiger partial charge < -0.3 is 10.3 Å². The lowest BCUT2D eigenvalue weighted by Gasteiger charge is -2.02. The number of carbonyl (C=O) groups excluding carboxylic acids is 1. The number of aromatic amines is 1. The first kappa shape index (κ1) is 13.8. The smallest absolute Gasteiger partial charge is 0.230 e. The van der Waals surface area contributed by atoms with Crippen molar-refractivity contribution in [3.05, 3.63) is 40.7 Å². The molecule has 108 valence electrons. The standard InChI is InChI=1S/C15H16N4OS/c1-3-13-17-11-5-4-10(6-12(11)18-13)7-14(20)19-15-16-9(2)8-21-15/h4-6,8H,3,7H2,1-2H3,(H,17,18)(H,16,19,20). The van der Waals surface area contributed by atoms with Crippen LogP contribution in [-0.4, -0.2) is 20.9 Å². The van der Waals surface area contributed by atoms with Crippen molar-refractivity contribution in [1.29, 1.82) is 0 Å². The number of carbonyl (C=O) groups is 1. The number of H-pyrrole nitrogens is 1. The molecule has 0 bridgehead atoms. The van der Waals surface area contributed by atoms with Gasteiger partial charge in [0.2, 0.25) is 5.91 Å². The van der Waals surface area contributed by atoms with Gasteiger partial charge in [0, 0.05) is 11.8 Å². The molecule has 3 aromatic rings. The minimum Gasteiger partial charge on any atom is -0.342 e. The summed E-state index contributed by atoms with van der Waals surface area (Å²) in [7, 11) is 0. The van der Waals surface area contributed by atoms with Crippen LogP contribution in [0, 0.1) is 6.92 Å². The largest absolute Gasteiger partial charge is 0.342 e. The van der Waals surface area contributed by atoms with Crippen molar-refractivity contribution in [2.45, 2.75) is 26.7 Å². The number of hydrogen-bond donors (Lipinski definition) is 2. The fourth-order valence-electron chi connectivity index (χ4n) is 2.15. The molecule has 0 radical (unpaired) electrons. The van der Waals surface area contributed by atoms with Crippen LogP contribution in [0.4, 0.5) is 5.13 Å².